The van der Waals surface area contributed by atoms with Crippen LogP contribution in [0.4, 0.5) is 13.2 Å². The second-order valence-electron chi connectivity index (χ2n) is 7.38. The van der Waals surface area contributed by atoms with E-state index in [1.807, 2.05) is 0 Å². The number of hydrogen-bond donors (Lipinski definition) is 1. The Morgan fingerprint density at radius 3 is 2.68 bits per heavy atom. The third kappa shape index (κ3) is 4.98. The van der Waals surface area contributed by atoms with Gasteiger partial charge in [-0.05, 0) is 0 Å². The number of alkyl halides is 3. The first-order chi connectivity index (χ1) is 14.8. The van der Waals surface area contributed by atoms with Gasteiger partial charge in [0.15, 0.2) is 0 Å². The van der Waals surface area contributed by atoms with Gasteiger partial charge in [0.1, 0.15) is 0 Å². The van der Waals surface area contributed by atoms with E-state index < -0.39 is 27.5 Å². The Balaban J connectivity index is 1.46. The van der Waals surface area contributed by atoms with E-state index in [0.29, 0.717) is 21.4 Å². The molecule has 1 fully saturated rings. The molecule has 0 bridgehead atoms. The number of halogens is 3. The summed E-state index contributed by atoms with van der Waals surface area (Å²) in [6, 6.07) is 9.55. The Morgan fingerprint density at radius 1 is 1.19 bits per heavy atom. The van der Waals surface area contributed by atoms with Crippen molar-refractivity contribution in [3.63, 3.8) is 0 Å². The molecule has 0 saturated heterocycles. The zero-order valence-corrected chi connectivity index (χ0v) is 18.7. The van der Waals surface area contributed by atoms with E-state index in [0.717, 1.165) is 31.5 Å². The van der Waals surface area contributed by atoms with Crippen molar-refractivity contribution >= 4 is 26.1 Å². The monoisotopic (exact) mass is 492 g/mol. The number of rotatable bonds is 5. The summed E-state index contributed by atoms with van der Waals surface area (Å²) in [5.41, 5.74) is 0.270. The molecule has 0 aliphatic heterocycles. The van der Waals surface area contributed by atoms with Gasteiger partial charge in [-0.2, -0.15) is 0 Å². The summed E-state index contributed by atoms with van der Waals surface area (Å²) in [6.45, 7) is 1.71. The third-order valence-electron chi connectivity index (χ3n) is 5.19. The molecule has 31 heavy (non-hydrogen) atoms. The van der Waals surface area contributed by atoms with Gasteiger partial charge in [0.05, 0.1) is 0 Å². The summed E-state index contributed by atoms with van der Waals surface area (Å²) in [4.78, 5) is 21.3. The van der Waals surface area contributed by atoms with Crippen LogP contribution in [0.3, 0.4) is 0 Å². The van der Waals surface area contributed by atoms with Gasteiger partial charge < -0.3 is 0 Å². The Kier molecular flexibility index (Phi) is 6.14. The van der Waals surface area contributed by atoms with Crippen LogP contribution in [-0.4, -0.2) is 42.8 Å². The van der Waals surface area contributed by atoms with Crippen LogP contribution in [0.5, 0.6) is 0 Å². The summed E-state index contributed by atoms with van der Waals surface area (Å²) in [5.74, 6) is 0.541. The van der Waals surface area contributed by atoms with Crippen molar-refractivity contribution in [1.82, 2.24) is 20.4 Å². The molecule has 3 atom stereocenters. The first-order valence-corrected chi connectivity index (χ1v) is 12.1. The van der Waals surface area contributed by atoms with Crippen LogP contribution < -0.4 is 9.80 Å². The zero-order chi connectivity index (χ0) is 22.0. The molecule has 6 nitrogen and oxygen atoms in total. The normalized spacial score (nSPS) is 19.2. The van der Waals surface area contributed by atoms with E-state index >= 15 is 0 Å². The van der Waals surface area contributed by atoms with Crippen molar-refractivity contribution in [2.75, 3.05) is 0 Å². The Bertz CT molecular complexity index is 1070. The van der Waals surface area contributed by atoms with Crippen molar-refractivity contribution < 1.29 is 22.5 Å². The van der Waals surface area contributed by atoms with E-state index in [-0.39, 0.29) is 22.5 Å². The molecule has 1 aliphatic carbocycles. The van der Waals surface area contributed by atoms with Crippen LogP contribution in [0.15, 0.2) is 47.1 Å². The van der Waals surface area contributed by atoms with Gasteiger partial charge in [0.25, 0.3) is 0 Å². The topological polar surface area (TPSA) is 80.9 Å². The second-order valence-corrected chi connectivity index (χ2v) is 10.6. The molecule has 1 unspecified atom stereocenters. The first-order valence-electron chi connectivity index (χ1n) is 9.81. The number of carbonyl (C=O) groups excluding carboxylic acids is 1. The van der Waals surface area contributed by atoms with Crippen LogP contribution in [0, 0.1) is 6.92 Å². The summed E-state index contributed by atoms with van der Waals surface area (Å²) >= 11 is -0.810. The van der Waals surface area contributed by atoms with Crippen LogP contribution in [0.25, 0.3) is 11.5 Å². The third-order valence-corrected chi connectivity index (χ3v) is 8.66. The molecule has 3 aromatic rings. The number of hydrogen-bond acceptors (Lipinski definition) is 5. The number of nitrogens with zero attached hydrogens (tertiary/aromatic N) is 3. The fourth-order valence-corrected chi connectivity index (χ4v) is 6.81. The summed E-state index contributed by atoms with van der Waals surface area (Å²) < 4.78 is 44.4. The fourth-order valence-electron chi connectivity index (χ4n) is 3.66. The minimum atomic E-state index is -4.39. The number of carbonyl (C=O) groups is 1. The minimum absolute atomic E-state index is 0.0333. The molecule has 1 N–H and O–H groups in total. The van der Waals surface area contributed by atoms with Gasteiger partial charge in [-0.25, -0.2) is 0 Å². The molecule has 1 aliphatic rings. The number of nitrogens with one attached hydrogen (secondary N) is 1. The van der Waals surface area contributed by atoms with Crippen LogP contribution in [0.1, 0.15) is 41.0 Å². The second kappa shape index (κ2) is 8.83. The standard InChI is InChI=1S/C21H20AsF3N4O2/c1-12-27-20(31-29-12)15-6-3-2-5-14(15)19(30)28-17-8-4-7-16(17)22-18-10-9-13(11-26-18)21(23,24)25/h2-3,5-6,9-11,16-17,22H,4,7-8H2,1H3,(H,28,30)/t16-,17-/m0/s1. The van der Waals surface area contributed by atoms with Gasteiger partial charge in [-0.15, -0.1) is 0 Å². The molecule has 0 radical (unpaired) electrons. The van der Waals surface area contributed by atoms with Gasteiger partial charge in [-0.3, -0.25) is 0 Å². The fraction of sp³-hybridized carbons (Fsp3) is 0.333. The number of aromatic nitrogens is 3. The molecule has 162 valence electrons. The number of aryl methyl sites for hydroxylation is 1. The summed E-state index contributed by atoms with van der Waals surface area (Å²) in [7, 11) is 0. The van der Waals surface area contributed by atoms with Crippen LogP contribution >= 0.6 is 0 Å². The van der Waals surface area contributed by atoms with Gasteiger partial charge >= 0.3 is 183 Å². The number of amides is 1. The Labute approximate surface area is 183 Å². The van der Waals surface area contributed by atoms with Crippen LogP contribution in [-0.2, 0) is 6.18 Å². The predicted molar refractivity (Wildman–Crippen MR) is 109 cm³/mol. The maximum absolute atomic E-state index is 13.0. The van der Waals surface area contributed by atoms with E-state index in [2.05, 4.69) is 20.4 Å². The molecular formula is C21H20AsF3N4O2. The molecule has 10 heteroatoms. The maximum atomic E-state index is 13.0. The molecule has 2 heterocycles. The molecule has 1 aromatic carbocycles. The average molecular weight is 492 g/mol. The Hall–Kier alpha value is -2.67. The molecule has 1 saturated carbocycles. The average Bonchev–Trinajstić information content (AvgIpc) is 3.36. The first kappa shape index (κ1) is 21.6. The van der Waals surface area contributed by atoms with Crippen molar-refractivity contribution in [2.24, 2.45) is 0 Å². The van der Waals surface area contributed by atoms with Crippen molar-refractivity contribution in [3.8, 4) is 11.5 Å². The number of pyridine rings is 1. The van der Waals surface area contributed by atoms with E-state index in [1.165, 1.54) is 6.07 Å². The van der Waals surface area contributed by atoms with Gasteiger partial charge in [0.2, 0.25) is 0 Å². The van der Waals surface area contributed by atoms with E-state index in [4.69, 9.17) is 4.52 Å². The van der Waals surface area contributed by atoms with Gasteiger partial charge in [0, 0.05) is 0 Å². The zero-order valence-electron chi connectivity index (χ0n) is 16.6. The van der Waals surface area contributed by atoms with Crippen molar-refractivity contribution in [3.05, 3.63) is 59.5 Å². The van der Waals surface area contributed by atoms with Crippen molar-refractivity contribution in [2.45, 2.75) is 43.1 Å². The quantitative estimate of drug-likeness (QED) is 0.553. The van der Waals surface area contributed by atoms with E-state index in [9.17, 15) is 18.0 Å². The molecule has 4 rings (SSSR count). The van der Waals surface area contributed by atoms with Crippen LogP contribution in [0.2, 0.25) is 4.71 Å². The Morgan fingerprint density at radius 2 is 2.00 bits per heavy atom. The van der Waals surface area contributed by atoms with E-state index in [1.54, 1.807) is 31.2 Å². The SMILES string of the molecule is Cc1noc(-c2ccccc2C(=O)N[C@H]2CCC[C@@H]2[AsH]c2ccc(C(F)(F)F)cn2)n1. The summed E-state index contributed by atoms with van der Waals surface area (Å²) in [5, 5.41) is 6.90. The van der Waals surface area contributed by atoms with Crippen molar-refractivity contribution in [1.29, 1.82) is 0 Å². The molecular weight excluding hydrogens is 472 g/mol. The summed E-state index contributed by atoms with van der Waals surface area (Å²) in [6.07, 6.45) is -0.769. The molecule has 2 aromatic heterocycles. The number of benzene rings is 1. The predicted octanol–water partition coefficient (Wildman–Crippen LogP) is 3.29. The molecule has 0 spiro atoms. The van der Waals surface area contributed by atoms with Gasteiger partial charge in [-0.1, -0.05) is 0 Å². The molecule has 1 amide bonds.